The Kier molecular flexibility index (Phi) is 5.50. The van der Waals surface area contributed by atoms with E-state index in [1.807, 2.05) is 30.3 Å². The van der Waals surface area contributed by atoms with Crippen LogP contribution < -0.4 is 5.32 Å². The molecule has 1 amide bonds. The molecule has 0 radical (unpaired) electrons. The third-order valence-electron chi connectivity index (χ3n) is 2.79. The topological polar surface area (TPSA) is 55.4 Å². The van der Waals surface area contributed by atoms with Gasteiger partial charge in [-0.05, 0) is 26.3 Å². The van der Waals surface area contributed by atoms with Gasteiger partial charge in [-0.2, -0.15) is 0 Å². The summed E-state index contributed by atoms with van der Waals surface area (Å²) in [5.74, 6) is -0.807. The number of hydrogen-bond acceptors (Lipinski definition) is 3. The molecule has 0 aromatic heterocycles. The Bertz CT molecular complexity index is 492. The minimum absolute atomic E-state index is 0.287. The van der Waals surface area contributed by atoms with Gasteiger partial charge in [-0.1, -0.05) is 36.9 Å². The molecule has 0 atom stereocenters. The smallest absolute Gasteiger partial charge is 0.331 e. The van der Waals surface area contributed by atoms with Crippen molar-refractivity contribution < 1.29 is 14.3 Å². The lowest BCUT2D eigenvalue weighted by atomic mass is 10.1. The van der Waals surface area contributed by atoms with Crippen molar-refractivity contribution >= 4 is 11.9 Å². The summed E-state index contributed by atoms with van der Waals surface area (Å²) in [6.45, 7) is 8.63. The molecule has 0 aliphatic heterocycles. The first-order chi connectivity index (χ1) is 9.33. The molecule has 0 aliphatic carbocycles. The van der Waals surface area contributed by atoms with Crippen LogP contribution >= 0.6 is 0 Å². The number of hydrogen-bond donors (Lipinski definition) is 1. The van der Waals surface area contributed by atoms with Crippen LogP contribution in [-0.4, -0.2) is 24.0 Å². The van der Waals surface area contributed by atoms with Crippen LogP contribution in [0, 0.1) is 0 Å². The lowest BCUT2D eigenvalue weighted by Gasteiger charge is -2.24. The molecule has 0 saturated heterocycles. The number of nitrogens with one attached hydrogen (secondary N) is 1. The van der Waals surface area contributed by atoms with Gasteiger partial charge in [0.25, 0.3) is 0 Å². The Hall–Kier alpha value is -2.10. The maximum atomic E-state index is 11.9. The molecule has 0 heterocycles. The summed E-state index contributed by atoms with van der Waals surface area (Å²) in [5.41, 5.74) is 0.395. The van der Waals surface area contributed by atoms with Gasteiger partial charge in [0.2, 0.25) is 5.91 Å². The van der Waals surface area contributed by atoms with Gasteiger partial charge in [0, 0.05) is 12.0 Å². The Balaban J connectivity index is 2.45. The van der Waals surface area contributed by atoms with Crippen molar-refractivity contribution in [2.24, 2.45) is 0 Å². The maximum Gasteiger partial charge on any atom is 0.331 e. The quantitative estimate of drug-likeness (QED) is 0.640. The molecule has 0 spiro atoms. The van der Waals surface area contributed by atoms with Gasteiger partial charge in [0.05, 0.1) is 6.61 Å². The highest BCUT2D eigenvalue weighted by molar-refractivity contribution is 5.96. The first-order valence-electron chi connectivity index (χ1n) is 6.52. The van der Waals surface area contributed by atoms with Crippen molar-refractivity contribution in [3.63, 3.8) is 0 Å². The van der Waals surface area contributed by atoms with Crippen molar-refractivity contribution in [2.75, 3.05) is 6.61 Å². The second kappa shape index (κ2) is 6.89. The van der Waals surface area contributed by atoms with E-state index in [9.17, 15) is 9.59 Å². The van der Waals surface area contributed by atoms with Gasteiger partial charge in [0.1, 0.15) is 5.54 Å². The van der Waals surface area contributed by atoms with E-state index in [4.69, 9.17) is 4.74 Å². The lowest BCUT2D eigenvalue weighted by molar-refractivity contribution is -0.151. The molecule has 1 rings (SSSR count). The summed E-state index contributed by atoms with van der Waals surface area (Å²) < 4.78 is 5.21. The molecule has 0 unspecified atom stereocenters. The summed E-state index contributed by atoms with van der Waals surface area (Å²) >= 11 is 0. The SMILES string of the molecule is C=C(C)C(=O)NC(C)(C)C(=O)OCCc1ccccc1. The monoisotopic (exact) mass is 275 g/mol. The molecule has 0 aliphatic rings. The fourth-order valence-electron chi connectivity index (χ4n) is 1.53. The minimum Gasteiger partial charge on any atom is -0.464 e. The van der Waals surface area contributed by atoms with Crippen LogP contribution in [-0.2, 0) is 20.7 Å². The van der Waals surface area contributed by atoms with Gasteiger partial charge >= 0.3 is 5.97 Å². The summed E-state index contributed by atoms with van der Waals surface area (Å²) in [4.78, 5) is 23.5. The average Bonchev–Trinajstić information content (AvgIpc) is 2.39. The number of carbonyl (C=O) groups is 2. The highest BCUT2D eigenvalue weighted by Crippen LogP contribution is 2.08. The molecule has 108 valence electrons. The lowest BCUT2D eigenvalue weighted by Crippen LogP contribution is -2.50. The Labute approximate surface area is 119 Å². The fraction of sp³-hybridized carbons (Fsp3) is 0.375. The van der Waals surface area contributed by atoms with Crippen LogP contribution in [0.15, 0.2) is 42.5 Å². The number of amides is 1. The molecule has 20 heavy (non-hydrogen) atoms. The average molecular weight is 275 g/mol. The number of esters is 1. The standard InChI is InChI=1S/C16H21NO3/c1-12(2)14(18)17-16(3,4)15(19)20-11-10-13-8-6-5-7-9-13/h5-9H,1,10-11H2,2-4H3,(H,17,18). The molecule has 0 fully saturated rings. The summed E-state index contributed by atoms with van der Waals surface area (Å²) in [7, 11) is 0. The molecule has 0 saturated carbocycles. The normalized spacial score (nSPS) is 10.8. The zero-order valence-corrected chi connectivity index (χ0v) is 12.2. The van der Waals surface area contributed by atoms with E-state index in [2.05, 4.69) is 11.9 Å². The fourth-order valence-corrected chi connectivity index (χ4v) is 1.53. The van der Waals surface area contributed by atoms with E-state index in [1.54, 1.807) is 20.8 Å². The predicted molar refractivity (Wildman–Crippen MR) is 78.1 cm³/mol. The van der Waals surface area contributed by atoms with Gasteiger partial charge < -0.3 is 10.1 Å². The van der Waals surface area contributed by atoms with Crippen molar-refractivity contribution in [1.82, 2.24) is 5.32 Å². The number of carbonyl (C=O) groups excluding carboxylic acids is 2. The van der Waals surface area contributed by atoms with Crippen molar-refractivity contribution in [1.29, 1.82) is 0 Å². The first kappa shape index (κ1) is 16.0. The van der Waals surface area contributed by atoms with Gasteiger partial charge in [-0.15, -0.1) is 0 Å². The highest BCUT2D eigenvalue weighted by Gasteiger charge is 2.31. The largest absolute Gasteiger partial charge is 0.464 e. The molecular weight excluding hydrogens is 254 g/mol. The van der Waals surface area contributed by atoms with Crippen LogP contribution in [0.3, 0.4) is 0 Å². The first-order valence-corrected chi connectivity index (χ1v) is 6.52. The Morgan fingerprint density at radius 3 is 2.40 bits per heavy atom. The second-order valence-electron chi connectivity index (χ2n) is 5.23. The van der Waals surface area contributed by atoms with Crippen LogP contribution in [0.5, 0.6) is 0 Å². The van der Waals surface area contributed by atoms with Crippen LogP contribution in [0.2, 0.25) is 0 Å². The van der Waals surface area contributed by atoms with Gasteiger partial charge in [-0.3, -0.25) is 4.79 Å². The van der Waals surface area contributed by atoms with Crippen LogP contribution in [0.4, 0.5) is 0 Å². The molecule has 0 bridgehead atoms. The zero-order valence-electron chi connectivity index (χ0n) is 12.2. The number of ether oxygens (including phenoxy) is 1. The Morgan fingerprint density at radius 1 is 1.25 bits per heavy atom. The van der Waals surface area contributed by atoms with Crippen LogP contribution in [0.1, 0.15) is 26.3 Å². The third-order valence-corrected chi connectivity index (χ3v) is 2.79. The Morgan fingerprint density at radius 2 is 1.85 bits per heavy atom. The van der Waals surface area contributed by atoms with Crippen LogP contribution in [0.25, 0.3) is 0 Å². The maximum absolute atomic E-state index is 11.9. The van der Waals surface area contributed by atoms with Crippen molar-refractivity contribution in [2.45, 2.75) is 32.7 Å². The molecule has 1 aromatic rings. The molecule has 4 nitrogen and oxygen atoms in total. The van der Waals surface area contributed by atoms with E-state index in [-0.39, 0.29) is 12.5 Å². The van der Waals surface area contributed by atoms with E-state index < -0.39 is 11.5 Å². The minimum atomic E-state index is -1.06. The number of benzene rings is 1. The zero-order chi connectivity index (χ0) is 15.2. The molecular formula is C16H21NO3. The summed E-state index contributed by atoms with van der Waals surface area (Å²) in [6, 6.07) is 9.76. The molecule has 4 heteroatoms. The van der Waals surface area contributed by atoms with E-state index in [0.717, 1.165) is 5.56 Å². The van der Waals surface area contributed by atoms with Crippen molar-refractivity contribution in [3.8, 4) is 0 Å². The third kappa shape index (κ3) is 4.88. The predicted octanol–water partition coefficient (Wildman–Crippen LogP) is 2.24. The summed E-state index contributed by atoms with van der Waals surface area (Å²) in [5, 5.41) is 2.59. The van der Waals surface area contributed by atoms with E-state index >= 15 is 0 Å². The second-order valence-corrected chi connectivity index (χ2v) is 5.23. The highest BCUT2D eigenvalue weighted by atomic mass is 16.5. The molecule has 1 aromatic carbocycles. The summed E-state index contributed by atoms with van der Waals surface area (Å²) in [6.07, 6.45) is 0.650. The van der Waals surface area contributed by atoms with E-state index in [0.29, 0.717) is 12.0 Å². The van der Waals surface area contributed by atoms with E-state index in [1.165, 1.54) is 0 Å². The van der Waals surface area contributed by atoms with Gasteiger partial charge in [-0.25, -0.2) is 4.79 Å². The van der Waals surface area contributed by atoms with Crippen molar-refractivity contribution in [3.05, 3.63) is 48.0 Å². The van der Waals surface area contributed by atoms with Gasteiger partial charge in [0.15, 0.2) is 0 Å². The number of rotatable bonds is 6. The molecule has 1 N–H and O–H groups in total.